The highest BCUT2D eigenvalue weighted by Gasteiger charge is 2.23. The summed E-state index contributed by atoms with van der Waals surface area (Å²) in [5.74, 6) is -2.38. The number of carboxylic acids is 1. The molecule has 7 nitrogen and oxygen atoms in total. The predicted octanol–water partition coefficient (Wildman–Crippen LogP) is 3.16. The van der Waals surface area contributed by atoms with Gasteiger partial charge in [-0.25, -0.2) is 4.79 Å². The molecule has 0 saturated heterocycles. The molecule has 28 heavy (non-hydrogen) atoms. The van der Waals surface area contributed by atoms with Gasteiger partial charge in [-0.3, -0.25) is 9.59 Å². The summed E-state index contributed by atoms with van der Waals surface area (Å²) < 4.78 is 4.77. The molecule has 8 heteroatoms. The van der Waals surface area contributed by atoms with Crippen molar-refractivity contribution in [2.24, 2.45) is 5.73 Å². The Hall–Kier alpha value is -2.71. The third-order valence-corrected chi connectivity index (χ3v) is 5.10. The zero-order valence-corrected chi connectivity index (χ0v) is 17.1. The largest absolute Gasteiger partial charge is 0.480 e. The van der Waals surface area contributed by atoms with Crippen molar-refractivity contribution in [1.29, 1.82) is 0 Å². The molecule has 0 radical (unpaired) electrons. The second-order valence-corrected chi connectivity index (χ2v) is 8.59. The Bertz CT molecular complexity index is 895. The third kappa shape index (κ3) is 5.17. The summed E-state index contributed by atoms with van der Waals surface area (Å²) in [4.78, 5) is 35.4. The van der Waals surface area contributed by atoms with E-state index in [1.807, 2.05) is 31.2 Å². The Morgan fingerprint density at radius 2 is 1.75 bits per heavy atom. The van der Waals surface area contributed by atoms with Crippen molar-refractivity contribution in [1.82, 2.24) is 0 Å². The number of nitrogens with one attached hydrogen (secondary N) is 1. The fraction of sp³-hybridized carbons (Fsp3) is 0.350. The number of carboxylic acid groups (broad SMARTS) is 1. The molecule has 0 saturated carbocycles. The third-order valence-electron chi connectivity index (χ3n) is 4.08. The molecule has 2 aromatic rings. The zero-order chi connectivity index (χ0) is 21.1. The van der Waals surface area contributed by atoms with Crippen LogP contribution in [0.4, 0.5) is 5.00 Å². The van der Waals surface area contributed by atoms with Crippen LogP contribution in [-0.2, 0) is 19.7 Å². The number of aliphatic carboxylic acids is 1. The highest BCUT2D eigenvalue weighted by Crippen LogP contribution is 2.40. The van der Waals surface area contributed by atoms with E-state index in [2.05, 4.69) is 26.1 Å². The summed E-state index contributed by atoms with van der Waals surface area (Å²) in [6.45, 7) is 7.19. The lowest BCUT2D eigenvalue weighted by molar-refractivity contribution is -0.143. The number of thiophene rings is 1. The van der Waals surface area contributed by atoms with Gasteiger partial charge in [0.15, 0.2) is 0 Å². The van der Waals surface area contributed by atoms with Crippen molar-refractivity contribution in [3.05, 3.63) is 40.3 Å². The van der Waals surface area contributed by atoms with E-state index in [0.717, 1.165) is 16.0 Å². The first kappa shape index (κ1) is 21.6. The predicted molar refractivity (Wildman–Crippen MR) is 109 cm³/mol. The summed E-state index contributed by atoms with van der Waals surface area (Å²) >= 11 is 1.24. The van der Waals surface area contributed by atoms with Crippen LogP contribution < -0.4 is 11.1 Å². The van der Waals surface area contributed by atoms with Gasteiger partial charge in [-0.1, -0.05) is 45.0 Å². The maximum Gasteiger partial charge on any atom is 0.329 e. The standard InChI is InChI=1S/C20H24N2O5S/c1-11-16(12-5-7-13(8-6-12)20(2,3)4)17(18(21)26)19(28-11)22-14(23)9-27-10-15(24)25/h5-8H,9-10H2,1-4H3,(H2,21,26)(H,22,23)(H,24,25). The minimum Gasteiger partial charge on any atom is -0.480 e. The molecule has 1 aromatic heterocycles. The number of carbonyl (C=O) groups is 3. The van der Waals surface area contributed by atoms with Gasteiger partial charge in [-0.05, 0) is 23.5 Å². The number of amides is 2. The molecule has 2 rings (SSSR count). The lowest BCUT2D eigenvalue weighted by atomic mass is 9.86. The van der Waals surface area contributed by atoms with Gasteiger partial charge in [0.1, 0.15) is 18.2 Å². The summed E-state index contributed by atoms with van der Waals surface area (Å²) in [6.07, 6.45) is 0. The molecule has 150 valence electrons. The van der Waals surface area contributed by atoms with Crippen LogP contribution in [0.25, 0.3) is 11.1 Å². The summed E-state index contributed by atoms with van der Waals surface area (Å²) in [5.41, 5.74) is 8.50. The first-order valence-electron chi connectivity index (χ1n) is 8.64. The fourth-order valence-electron chi connectivity index (χ4n) is 2.75. The Labute approximate surface area is 167 Å². The van der Waals surface area contributed by atoms with Gasteiger partial charge in [-0.2, -0.15) is 0 Å². The Balaban J connectivity index is 2.33. The Morgan fingerprint density at radius 1 is 1.14 bits per heavy atom. The van der Waals surface area contributed by atoms with Gasteiger partial charge in [0, 0.05) is 10.4 Å². The number of ether oxygens (including phenoxy) is 1. The van der Waals surface area contributed by atoms with Crippen molar-refractivity contribution in [3.63, 3.8) is 0 Å². The molecule has 4 N–H and O–H groups in total. The first-order valence-corrected chi connectivity index (χ1v) is 9.46. The van der Waals surface area contributed by atoms with Gasteiger partial charge < -0.3 is 20.9 Å². The van der Waals surface area contributed by atoms with E-state index in [4.69, 9.17) is 15.6 Å². The minimum absolute atomic E-state index is 0.00379. The number of primary amides is 1. The van der Waals surface area contributed by atoms with Crippen LogP contribution in [-0.4, -0.2) is 36.1 Å². The van der Waals surface area contributed by atoms with E-state index in [1.165, 1.54) is 11.3 Å². The number of benzene rings is 1. The number of hydrogen-bond acceptors (Lipinski definition) is 5. The Kier molecular flexibility index (Phi) is 6.58. The van der Waals surface area contributed by atoms with Gasteiger partial charge in [0.05, 0.1) is 5.56 Å². The van der Waals surface area contributed by atoms with Crippen LogP contribution in [0.15, 0.2) is 24.3 Å². The SMILES string of the molecule is Cc1sc(NC(=O)COCC(=O)O)c(C(N)=O)c1-c1ccc(C(C)(C)C)cc1. The number of nitrogens with two attached hydrogens (primary N) is 1. The maximum atomic E-state index is 12.1. The number of anilines is 1. The van der Waals surface area contributed by atoms with Crippen molar-refractivity contribution < 1.29 is 24.2 Å². The molecule has 0 bridgehead atoms. The molecule has 1 aromatic carbocycles. The molecular formula is C20H24N2O5S. The number of carbonyl (C=O) groups excluding carboxylic acids is 2. The van der Waals surface area contributed by atoms with E-state index in [9.17, 15) is 14.4 Å². The fourth-order valence-corrected chi connectivity index (χ4v) is 3.84. The molecule has 0 aliphatic carbocycles. The Morgan fingerprint density at radius 3 is 2.25 bits per heavy atom. The quantitative estimate of drug-likeness (QED) is 0.655. The lowest BCUT2D eigenvalue weighted by Crippen LogP contribution is -2.22. The van der Waals surface area contributed by atoms with Crippen LogP contribution in [0.5, 0.6) is 0 Å². The molecule has 0 aliphatic heterocycles. The second-order valence-electron chi connectivity index (χ2n) is 7.36. The van der Waals surface area contributed by atoms with Gasteiger partial charge in [0.25, 0.3) is 11.8 Å². The average Bonchev–Trinajstić information content (AvgIpc) is 2.89. The molecule has 2 amide bonds. The smallest absolute Gasteiger partial charge is 0.329 e. The van der Waals surface area contributed by atoms with E-state index in [-0.39, 0.29) is 11.0 Å². The van der Waals surface area contributed by atoms with Crippen LogP contribution in [0.3, 0.4) is 0 Å². The summed E-state index contributed by atoms with van der Waals surface area (Å²) in [5, 5.41) is 11.5. The van der Waals surface area contributed by atoms with E-state index in [0.29, 0.717) is 10.6 Å². The van der Waals surface area contributed by atoms with Gasteiger partial charge in [-0.15, -0.1) is 11.3 Å². The second kappa shape index (κ2) is 8.53. The van der Waals surface area contributed by atoms with Crippen molar-refractivity contribution >= 4 is 34.1 Å². The molecule has 0 unspecified atom stereocenters. The molecule has 0 fully saturated rings. The number of aryl methyl sites for hydroxylation is 1. The van der Waals surface area contributed by atoms with E-state index >= 15 is 0 Å². The molecular weight excluding hydrogens is 380 g/mol. The maximum absolute atomic E-state index is 12.1. The zero-order valence-electron chi connectivity index (χ0n) is 16.3. The first-order chi connectivity index (χ1) is 13.0. The molecule has 0 spiro atoms. The van der Waals surface area contributed by atoms with Crippen LogP contribution >= 0.6 is 11.3 Å². The monoisotopic (exact) mass is 404 g/mol. The van der Waals surface area contributed by atoms with Gasteiger partial charge in [0.2, 0.25) is 0 Å². The summed E-state index contributed by atoms with van der Waals surface area (Å²) in [6, 6.07) is 7.89. The van der Waals surface area contributed by atoms with Crippen molar-refractivity contribution in [2.75, 3.05) is 18.5 Å². The highest BCUT2D eigenvalue weighted by atomic mass is 32.1. The van der Waals surface area contributed by atoms with Crippen molar-refractivity contribution in [2.45, 2.75) is 33.1 Å². The van der Waals surface area contributed by atoms with Crippen LogP contribution in [0.2, 0.25) is 0 Å². The lowest BCUT2D eigenvalue weighted by Gasteiger charge is -2.19. The topological polar surface area (TPSA) is 119 Å². The van der Waals surface area contributed by atoms with Crippen LogP contribution in [0, 0.1) is 6.92 Å². The molecule has 0 aliphatic rings. The summed E-state index contributed by atoms with van der Waals surface area (Å²) in [7, 11) is 0. The van der Waals surface area contributed by atoms with E-state index < -0.39 is 31.0 Å². The number of rotatable bonds is 7. The van der Waals surface area contributed by atoms with E-state index in [1.54, 1.807) is 0 Å². The van der Waals surface area contributed by atoms with Crippen LogP contribution in [0.1, 0.15) is 41.6 Å². The molecule has 0 atom stereocenters. The average molecular weight is 404 g/mol. The highest BCUT2D eigenvalue weighted by molar-refractivity contribution is 7.17. The van der Waals surface area contributed by atoms with Crippen molar-refractivity contribution in [3.8, 4) is 11.1 Å². The van der Waals surface area contributed by atoms with Gasteiger partial charge >= 0.3 is 5.97 Å². The normalized spacial score (nSPS) is 11.3. The number of hydrogen-bond donors (Lipinski definition) is 3. The minimum atomic E-state index is -1.17. The molecule has 1 heterocycles.